The van der Waals surface area contributed by atoms with Gasteiger partial charge in [0.2, 0.25) is 0 Å². The second-order valence-electron chi connectivity index (χ2n) is 6.40. The van der Waals surface area contributed by atoms with Gasteiger partial charge in [-0.25, -0.2) is 0 Å². The van der Waals surface area contributed by atoms with E-state index in [2.05, 4.69) is 33.0 Å². The molecular weight excluding hydrogens is 226 g/mol. The average molecular weight is 257 g/mol. The molecule has 108 valence electrons. The van der Waals surface area contributed by atoms with E-state index in [1.54, 1.807) is 0 Å². The summed E-state index contributed by atoms with van der Waals surface area (Å²) in [6, 6.07) is 0.584. The van der Waals surface area contributed by atoms with Crippen molar-refractivity contribution in [3.05, 3.63) is 0 Å². The van der Waals surface area contributed by atoms with Crippen molar-refractivity contribution in [3.63, 3.8) is 0 Å². The van der Waals surface area contributed by atoms with E-state index in [-0.39, 0.29) is 12.6 Å². The van der Waals surface area contributed by atoms with Gasteiger partial charge in [0.05, 0.1) is 12.7 Å². The van der Waals surface area contributed by atoms with Gasteiger partial charge < -0.3 is 15.2 Å². The first-order valence-corrected chi connectivity index (χ1v) is 7.49. The zero-order valence-corrected chi connectivity index (χ0v) is 12.5. The molecule has 0 aliphatic heterocycles. The van der Waals surface area contributed by atoms with Gasteiger partial charge in [0, 0.05) is 18.7 Å². The van der Waals surface area contributed by atoms with Crippen LogP contribution < -0.4 is 5.32 Å². The maximum Gasteiger partial charge on any atom is 0.0585 e. The monoisotopic (exact) mass is 257 g/mol. The van der Waals surface area contributed by atoms with Gasteiger partial charge in [-0.1, -0.05) is 27.7 Å². The van der Waals surface area contributed by atoms with E-state index in [4.69, 9.17) is 4.74 Å². The number of rotatable bonds is 7. The highest BCUT2D eigenvalue weighted by atomic mass is 16.5. The summed E-state index contributed by atoms with van der Waals surface area (Å²) in [6.45, 7) is 9.81. The zero-order chi connectivity index (χ0) is 13.5. The van der Waals surface area contributed by atoms with Crippen LogP contribution >= 0.6 is 0 Å². The lowest BCUT2D eigenvalue weighted by atomic mass is 9.82. The van der Waals surface area contributed by atoms with Gasteiger partial charge in [0.1, 0.15) is 0 Å². The molecule has 3 heteroatoms. The van der Waals surface area contributed by atoms with Crippen LogP contribution in [0, 0.1) is 11.8 Å². The maximum atomic E-state index is 9.28. The molecule has 3 atom stereocenters. The fourth-order valence-electron chi connectivity index (χ4n) is 3.08. The molecule has 3 nitrogen and oxygen atoms in total. The third-order valence-corrected chi connectivity index (χ3v) is 3.74. The quantitative estimate of drug-likeness (QED) is 0.736. The van der Waals surface area contributed by atoms with E-state index in [1.165, 1.54) is 19.3 Å². The Kier molecular flexibility index (Phi) is 7.20. The van der Waals surface area contributed by atoms with Crippen LogP contribution in [0.3, 0.4) is 0 Å². The Morgan fingerprint density at radius 1 is 1.17 bits per heavy atom. The minimum Gasteiger partial charge on any atom is -0.395 e. The summed E-state index contributed by atoms with van der Waals surface area (Å²) >= 11 is 0. The molecule has 0 heterocycles. The molecule has 1 fully saturated rings. The summed E-state index contributed by atoms with van der Waals surface area (Å²) in [4.78, 5) is 0. The summed E-state index contributed by atoms with van der Waals surface area (Å²) < 4.78 is 5.99. The second-order valence-corrected chi connectivity index (χ2v) is 6.40. The largest absolute Gasteiger partial charge is 0.395 e. The molecule has 0 spiro atoms. The summed E-state index contributed by atoms with van der Waals surface area (Å²) in [6.07, 6.45) is 5.07. The van der Waals surface area contributed by atoms with Crippen molar-refractivity contribution < 1.29 is 9.84 Å². The predicted molar refractivity (Wildman–Crippen MR) is 75.7 cm³/mol. The molecule has 0 aromatic carbocycles. The molecular formula is C15H31NO2. The highest BCUT2D eigenvalue weighted by Crippen LogP contribution is 2.30. The van der Waals surface area contributed by atoms with Crippen LogP contribution in [-0.4, -0.2) is 36.5 Å². The molecule has 1 rings (SSSR count). The third kappa shape index (κ3) is 6.17. The molecule has 0 bridgehead atoms. The minimum absolute atomic E-state index is 0.170. The van der Waals surface area contributed by atoms with E-state index in [0.29, 0.717) is 12.1 Å². The SMILES string of the molecule is CC1CC(C)CC(OCCC(CO)NC(C)C)C1. The number of aliphatic hydroxyl groups is 1. The predicted octanol–water partition coefficient (Wildman–Crippen LogP) is 2.58. The molecule has 3 unspecified atom stereocenters. The van der Waals surface area contributed by atoms with Gasteiger partial charge in [-0.3, -0.25) is 0 Å². The van der Waals surface area contributed by atoms with Crippen LogP contribution in [0.1, 0.15) is 53.4 Å². The Balaban J connectivity index is 2.19. The standard InChI is InChI=1S/C15H31NO2/c1-11(2)16-14(10-17)5-6-18-15-8-12(3)7-13(4)9-15/h11-17H,5-10H2,1-4H3. The number of ether oxygens (including phenoxy) is 1. The molecule has 1 aliphatic carbocycles. The van der Waals surface area contributed by atoms with Crippen molar-refractivity contribution in [2.24, 2.45) is 11.8 Å². The summed E-state index contributed by atoms with van der Waals surface area (Å²) in [5.41, 5.74) is 0. The molecule has 0 aromatic rings. The first-order valence-electron chi connectivity index (χ1n) is 7.49. The molecule has 0 aromatic heterocycles. The van der Waals surface area contributed by atoms with E-state index in [9.17, 15) is 5.11 Å². The Hall–Kier alpha value is -0.120. The van der Waals surface area contributed by atoms with Crippen molar-refractivity contribution in [2.45, 2.75) is 71.6 Å². The molecule has 18 heavy (non-hydrogen) atoms. The Bertz CT molecular complexity index is 211. The smallest absolute Gasteiger partial charge is 0.0585 e. The van der Waals surface area contributed by atoms with Crippen LogP contribution in [0.25, 0.3) is 0 Å². The fraction of sp³-hybridized carbons (Fsp3) is 1.00. The third-order valence-electron chi connectivity index (χ3n) is 3.74. The van der Waals surface area contributed by atoms with E-state index in [1.807, 2.05) is 0 Å². The first kappa shape index (κ1) is 15.9. The molecule has 2 N–H and O–H groups in total. The number of hydrogen-bond donors (Lipinski definition) is 2. The number of aliphatic hydroxyl groups excluding tert-OH is 1. The molecule has 1 aliphatic rings. The minimum atomic E-state index is 0.170. The van der Waals surface area contributed by atoms with Gasteiger partial charge in [0.25, 0.3) is 0 Å². The second kappa shape index (κ2) is 8.13. The van der Waals surface area contributed by atoms with Crippen molar-refractivity contribution >= 4 is 0 Å². The number of hydrogen-bond acceptors (Lipinski definition) is 3. The summed E-state index contributed by atoms with van der Waals surface area (Å²) in [5.74, 6) is 1.59. The zero-order valence-electron chi connectivity index (χ0n) is 12.5. The number of nitrogens with one attached hydrogen (secondary N) is 1. The van der Waals surface area contributed by atoms with Crippen LogP contribution in [0.5, 0.6) is 0 Å². The highest BCUT2D eigenvalue weighted by Gasteiger charge is 2.24. The summed E-state index contributed by atoms with van der Waals surface area (Å²) in [7, 11) is 0. The molecule has 0 saturated heterocycles. The van der Waals surface area contributed by atoms with Crippen molar-refractivity contribution in [1.82, 2.24) is 5.32 Å². The van der Waals surface area contributed by atoms with Crippen molar-refractivity contribution in [1.29, 1.82) is 0 Å². The van der Waals surface area contributed by atoms with Crippen LogP contribution in [0.4, 0.5) is 0 Å². The Labute approximate surface area is 112 Å². The van der Waals surface area contributed by atoms with E-state index < -0.39 is 0 Å². The van der Waals surface area contributed by atoms with Crippen molar-refractivity contribution in [2.75, 3.05) is 13.2 Å². The van der Waals surface area contributed by atoms with E-state index in [0.717, 1.165) is 24.9 Å². The van der Waals surface area contributed by atoms with Crippen LogP contribution in [0.2, 0.25) is 0 Å². The topological polar surface area (TPSA) is 41.5 Å². The lowest BCUT2D eigenvalue weighted by Crippen LogP contribution is -2.38. The van der Waals surface area contributed by atoms with Crippen LogP contribution in [0.15, 0.2) is 0 Å². The molecule has 0 radical (unpaired) electrons. The Morgan fingerprint density at radius 2 is 1.78 bits per heavy atom. The molecule has 1 saturated carbocycles. The average Bonchev–Trinajstić information content (AvgIpc) is 2.25. The molecule has 0 amide bonds. The van der Waals surface area contributed by atoms with Gasteiger partial charge >= 0.3 is 0 Å². The van der Waals surface area contributed by atoms with Gasteiger partial charge in [-0.05, 0) is 37.5 Å². The summed E-state index contributed by atoms with van der Waals surface area (Å²) in [5, 5.41) is 12.6. The van der Waals surface area contributed by atoms with Crippen LogP contribution in [-0.2, 0) is 4.74 Å². The first-order chi connectivity index (χ1) is 8.51. The normalized spacial score (nSPS) is 30.7. The van der Waals surface area contributed by atoms with Gasteiger partial charge in [0.15, 0.2) is 0 Å². The van der Waals surface area contributed by atoms with Gasteiger partial charge in [-0.15, -0.1) is 0 Å². The van der Waals surface area contributed by atoms with Crippen molar-refractivity contribution in [3.8, 4) is 0 Å². The maximum absolute atomic E-state index is 9.28. The fourth-order valence-corrected chi connectivity index (χ4v) is 3.08. The highest BCUT2D eigenvalue weighted by molar-refractivity contribution is 4.76. The van der Waals surface area contributed by atoms with E-state index >= 15 is 0 Å². The Morgan fingerprint density at radius 3 is 2.28 bits per heavy atom. The lowest BCUT2D eigenvalue weighted by molar-refractivity contribution is -0.00482. The van der Waals surface area contributed by atoms with Gasteiger partial charge in [-0.2, -0.15) is 0 Å². The lowest BCUT2D eigenvalue weighted by Gasteiger charge is -2.31.